The molecule has 0 aromatic heterocycles. The van der Waals surface area contributed by atoms with Crippen molar-refractivity contribution >= 4 is 0 Å². The Morgan fingerprint density at radius 1 is 1.20 bits per heavy atom. The standard InChI is InChI=1S/C11H22F3N/c1-3-5-6-10(4-2)9-15-8-7-11(12,13)14/h10,15H,3-9H2,1-2H3. The molecule has 1 N–H and O–H groups in total. The van der Waals surface area contributed by atoms with Gasteiger partial charge >= 0.3 is 6.18 Å². The summed E-state index contributed by atoms with van der Waals surface area (Å²) >= 11 is 0. The smallest absolute Gasteiger partial charge is 0.316 e. The van der Waals surface area contributed by atoms with E-state index in [2.05, 4.69) is 19.2 Å². The van der Waals surface area contributed by atoms with Gasteiger partial charge in [0.15, 0.2) is 0 Å². The Labute approximate surface area is 90.4 Å². The average molecular weight is 225 g/mol. The molecule has 0 fully saturated rings. The van der Waals surface area contributed by atoms with Crippen LogP contribution in [0.2, 0.25) is 0 Å². The molecule has 0 aromatic rings. The monoisotopic (exact) mass is 225 g/mol. The van der Waals surface area contributed by atoms with Gasteiger partial charge in [-0.1, -0.05) is 33.1 Å². The molecule has 0 amide bonds. The van der Waals surface area contributed by atoms with E-state index in [1.54, 1.807) is 0 Å². The van der Waals surface area contributed by atoms with Crippen LogP contribution in [0, 0.1) is 5.92 Å². The van der Waals surface area contributed by atoms with E-state index in [0.29, 0.717) is 12.5 Å². The third-order valence-corrected chi connectivity index (χ3v) is 2.56. The molecule has 0 heterocycles. The van der Waals surface area contributed by atoms with Gasteiger partial charge in [0.1, 0.15) is 0 Å². The molecular weight excluding hydrogens is 203 g/mol. The number of nitrogens with one attached hydrogen (secondary N) is 1. The summed E-state index contributed by atoms with van der Waals surface area (Å²) in [5.41, 5.74) is 0. The lowest BCUT2D eigenvalue weighted by Gasteiger charge is -2.15. The predicted molar refractivity (Wildman–Crippen MR) is 56.8 cm³/mol. The maximum atomic E-state index is 11.8. The van der Waals surface area contributed by atoms with Crippen molar-refractivity contribution in [3.05, 3.63) is 0 Å². The van der Waals surface area contributed by atoms with E-state index < -0.39 is 12.6 Å². The molecule has 0 aliphatic heterocycles. The first-order chi connectivity index (χ1) is 6.99. The minimum absolute atomic E-state index is 0.0477. The molecule has 0 rings (SSSR count). The second-order valence-corrected chi connectivity index (χ2v) is 3.99. The molecule has 0 bridgehead atoms. The van der Waals surface area contributed by atoms with Crippen molar-refractivity contribution in [2.45, 2.75) is 52.1 Å². The van der Waals surface area contributed by atoms with Gasteiger partial charge in [0, 0.05) is 6.54 Å². The van der Waals surface area contributed by atoms with Crippen molar-refractivity contribution in [1.29, 1.82) is 0 Å². The highest BCUT2D eigenvalue weighted by Gasteiger charge is 2.25. The Hall–Kier alpha value is -0.250. The number of unbranched alkanes of at least 4 members (excludes halogenated alkanes) is 1. The summed E-state index contributed by atoms with van der Waals surface area (Å²) in [7, 11) is 0. The Balaban J connectivity index is 3.46. The fourth-order valence-electron chi connectivity index (χ4n) is 1.48. The van der Waals surface area contributed by atoms with Gasteiger partial charge in [0.2, 0.25) is 0 Å². The lowest BCUT2D eigenvalue weighted by Crippen LogP contribution is -2.26. The first-order valence-electron chi connectivity index (χ1n) is 5.77. The van der Waals surface area contributed by atoms with E-state index in [1.807, 2.05) is 0 Å². The number of hydrogen-bond acceptors (Lipinski definition) is 1. The van der Waals surface area contributed by atoms with Crippen LogP contribution in [0.3, 0.4) is 0 Å². The first-order valence-corrected chi connectivity index (χ1v) is 5.77. The molecule has 0 spiro atoms. The van der Waals surface area contributed by atoms with Crippen molar-refractivity contribution in [2.75, 3.05) is 13.1 Å². The fourth-order valence-corrected chi connectivity index (χ4v) is 1.48. The van der Waals surface area contributed by atoms with Crippen molar-refractivity contribution in [2.24, 2.45) is 5.92 Å². The molecule has 0 aliphatic rings. The Kier molecular flexibility index (Phi) is 7.83. The topological polar surface area (TPSA) is 12.0 Å². The van der Waals surface area contributed by atoms with Crippen LogP contribution in [0.15, 0.2) is 0 Å². The van der Waals surface area contributed by atoms with Crippen LogP contribution < -0.4 is 5.32 Å². The van der Waals surface area contributed by atoms with Gasteiger partial charge in [0.25, 0.3) is 0 Å². The number of halogens is 3. The zero-order valence-corrected chi connectivity index (χ0v) is 9.66. The van der Waals surface area contributed by atoms with Crippen molar-refractivity contribution in [3.63, 3.8) is 0 Å². The summed E-state index contributed by atoms with van der Waals surface area (Å²) in [5, 5.41) is 2.88. The lowest BCUT2D eigenvalue weighted by molar-refractivity contribution is -0.133. The third kappa shape index (κ3) is 10.0. The maximum Gasteiger partial charge on any atom is 0.390 e. The van der Waals surface area contributed by atoms with Crippen LogP contribution in [0.5, 0.6) is 0 Å². The second kappa shape index (κ2) is 7.97. The number of hydrogen-bond donors (Lipinski definition) is 1. The average Bonchev–Trinajstić information content (AvgIpc) is 2.15. The third-order valence-electron chi connectivity index (χ3n) is 2.56. The van der Waals surface area contributed by atoms with Crippen LogP contribution >= 0.6 is 0 Å². The fraction of sp³-hybridized carbons (Fsp3) is 1.00. The Bertz CT molecular complexity index is 145. The van der Waals surface area contributed by atoms with Crippen LogP contribution in [0.4, 0.5) is 13.2 Å². The van der Waals surface area contributed by atoms with Gasteiger partial charge in [-0.15, -0.1) is 0 Å². The van der Waals surface area contributed by atoms with Crippen molar-refractivity contribution < 1.29 is 13.2 Å². The summed E-state index contributed by atoms with van der Waals surface area (Å²) in [4.78, 5) is 0. The Morgan fingerprint density at radius 2 is 1.87 bits per heavy atom. The highest BCUT2D eigenvalue weighted by atomic mass is 19.4. The van der Waals surface area contributed by atoms with Crippen molar-refractivity contribution in [3.8, 4) is 0 Å². The largest absolute Gasteiger partial charge is 0.390 e. The predicted octanol–water partition coefficient (Wildman–Crippen LogP) is 3.74. The molecule has 1 nitrogen and oxygen atoms in total. The lowest BCUT2D eigenvalue weighted by atomic mass is 9.99. The summed E-state index contributed by atoms with van der Waals surface area (Å²) in [6, 6.07) is 0. The molecule has 0 aromatic carbocycles. The molecule has 1 atom stereocenters. The second-order valence-electron chi connectivity index (χ2n) is 3.99. The zero-order chi connectivity index (χ0) is 11.7. The Morgan fingerprint density at radius 3 is 2.33 bits per heavy atom. The summed E-state index contributed by atoms with van der Waals surface area (Å²) in [6.45, 7) is 4.98. The summed E-state index contributed by atoms with van der Waals surface area (Å²) in [6.07, 6.45) is -0.279. The van der Waals surface area contributed by atoms with E-state index in [4.69, 9.17) is 0 Å². The molecule has 1 unspecified atom stereocenters. The van der Waals surface area contributed by atoms with Crippen molar-refractivity contribution in [1.82, 2.24) is 5.32 Å². The van der Waals surface area contributed by atoms with Crippen LogP contribution in [-0.4, -0.2) is 19.3 Å². The van der Waals surface area contributed by atoms with Crippen LogP contribution in [0.25, 0.3) is 0 Å². The van der Waals surface area contributed by atoms with E-state index in [-0.39, 0.29) is 6.54 Å². The van der Waals surface area contributed by atoms with E-state index in [1.165, 1.54) is 6.42 Å². The molecule has 15 heavy (non-hydrogen) atoms. The number of rotatable bonds is 8. The van der Waals surface area contributed by atoms with E-state index in [0.717, 1.165) is 19.3 Å². The van der Waals surface area contributed by atoms with Gasteiger partial charge in [-0.3, -0.25) is 0 Å². The molecule has 0 radical (unpaired) electrons. The molecule has 92 valence electrons. The van der Waals surface area contributed by atoms with Gasteiger partial charge in [-0.05, 0) is 18.9 Å². The summed E-state index contributed by atoms with van der Waals surface area (Å²) in [5.74, 6) is 0.526. The molecule has 0 aliphatic carbocycles. The van der Waals surface area contributed by atoms with Gasteiger partial charge in [-0.2, -0.15) is 13.2 Å². The van der Waals surface area contributed by atoms with Gasteiger partial charge in [0.05, 0.1) is 6.42 Å². The maximum absolute atomic E-state index is 11.8. The van der Waals surface area contributed by atoms with Gasteiger partial charge in [-0.25, -0.2) is 0 Å². The molecule has 4 heteroatoms. The molecular formula is C11H22F3N. The van der Waals surface area contributed by atoms with Crippen LogP contribution in [0.1, 0.15) is 46.0 Å². The minimum atomic E-state index is -4.03. The zero-order valence-electron chi connectivity index (χ0n) is 9.66. The summed E-state index contributed by atoms with van der Waals surface area (Å²) < 4.78 is 35.5. The van der Waals surface area contributed by atoms with Gasteiger partial charge < -0.3 is 5.32 Å². The highest BCUT2D eigenvalue weighted by molar-refractivity contribution is 4.62. The number of alkyl halides is 3. The SMILES string of the molecule is CCCCC(CC)CNCCC(F)(F)F. The van der Waals surface area contributed by atoms with E-state index >= 15 is 0 Å². The quantitative estimate of drug-likeness (QED) is 0.620. The minimum Gasteiger partial charge on any atom is -0.316 e. The highest BCUT2D eigenvalue weighted by Crippen LogP contribution is 2.18. The molecule has 0 saturated carbocycles. The first kappa shape index (κ1) is 14.8. The van der Waals surface area contributed by atoms with E-state index in [9.17, 15) is 13.2 Å². The van der Waals surface area contributed by atoms with Crippen LogP contribution in [-0.2, 0) is 0 Å². The normalized spacial score (nSPS) is 14.2. The molecule has 0 saturated heterocycles.